The van der Waals surface area contributed by atoms with Crippen LogP contribution in [0.25, 0.3) is 0 Å². The van der Waals surface area contributed by atoms with E-state index in [0.717, 1.165) is 0 Å². The van der Waals surface area contributed by atoms with Gasteiger partial charge in [-0.2, -0.15) is 0 Å². The fourth-order valence-corrected chi connectivity index (χ4v) is 8.04. The highest BCUT2D eigenvalue weighted by atomic mass is 16.5. The number of anilines is 1. The van der Waals surface area contributed by atoms with Crippen LogP contribution < -0.4 is 9.64 Å². The van der Waals surface area contributed by atoms with Crippen molar-refractivity contribution in [2.24, 2.45) is 11.8 Å². The summed E-state index contributed by atoms with van der Waals surface area (Å²) in [7, 11) is 0. The Morgan fingerprint density at radius 3 is 2.28 bits per heavy atom. The molecule has 0 aliphatic carbocycles. The topological polar surface area (TPSA) is 99.6 Å². The van der Waals surface area contributed by atoms with Gasteiger partial charge < -0.3 is 29.3 Å². The molecule has 5 rings (SSSR count). The van der Waals surface area contributed by atoms with E-state index in [0.29, 0.717) is 42.9 Å². The number of aliphatic hydroxyl groups excluding tert-OH is 1. The molecule has 2 bridgehead atoms. The molecule has 1 spiro atoms. The van der Waals surface area contributed by atoms with E-state index < -0.39 is 41.7 Å². The van der Waals surface area contributed by atoms with E-state index in [1.165, 1.54) is 4.90 Å². The molecule has 3 amide bonds. The molecule has 2 aromatic rings. The van der Waals surface area contributed by atoms with Crippen LogP contribution in [0, 0.1) is 11.8 Å². The zero-order valence-corrected chi connectivity index (χ0v) is 27.4. The number of hydrogen-bond acceptors (Lipinski definition) is 6. The quantitative estimate of drug-likeness (QED) is 0.298. The van der Waals surface area contributed by atoms with Crippen LogP contribution in [-0.2, 0) is 19.1 Å². The average Bonchev–Trinajstić information content (AvgIpc) is 3.67. The highest BCUT2D eigenvalue weighted by Gasteiger charge is 2.79. The molecular weight excluding hydrogens is 582 g/mol. The number of likely N-dealkylation sites (tertiary alicyclic amines) is 1. The van der Waals surface area contributed by atoms with Gasteiger partial charge in [-0.1, -0.05) is 49.4 Å². The van der Waals surface area contributed by atoms with E-state index in [1.807, 2.05) is 82.3 Å². The van der Waals surface area contributed by atoms with E-state index in [4.69, 9.17) is 9.47 Å². The first-order valence-electron chi connectivity index (χ1n) is 16.4. The number of ether oxygens (including phenoxy) is 2. The molecule has 9 heteroatoms. The maximum absolute atomic E-state index is 15.0. The van der Waals surface area contributed by atoms with Crippen LogP contribution in [0.15, 0.2) is 79.9 Å². The van der Waals surface area contributed by atoms with Crippen LogP contribution in [0.1, 0.15) is 58.6 Å². The van der Waals surface area contributed by atoms with Gasteiger partial charge in [-0.25, -0.2) is 0 Å². The van der Waals surface area contributed by atoms with Crippen molar-refractivity contribution in [3.63, 3.8) is 0 Å². The molecule has 246 valence electrons. The molecule has 6 atom stereocenters. The van der Waals surface area contributed by atoms with Crippen molar-refractivity contribution in [2.45, 2.75) is 76.3 Å². The molecule has 1 N–H and O–H groups in total. The van der Waals surface area contributed by atoms with Crippen LogP contribution in [0.5, 0.6) is 5.75 Å². The summed E-state index contributed by atoms with van der Waals surface area (Å²) in [6.07, 6.45) is 4.82. The Labute approximate surface area is 272 Å². The third-order valence-electron chi connectivity index (χ3n) is 10.1. The Bertz CT molecular complexity index is 1440. The van der Waals surface area contributed by atoms with E-state index >= 15 is 0 Å². The summed E-state index contributed by atoms with van der Waals surface area (Å²) >= 11 is 0. The van der Waals surface area contributed by atoms with Crippen molar-refractivity contribution in [1.82, 2.24) is 9.80 Å². The molecular formula is C37H47N3O6. The van der Waals surface area contributed by atoms with Crippen LogP contribution in [0.2, 0.25) is 0 Å². The zero-order chi connectivity index (χ0) is 33.2. The average molecular weight is 630 g/mol. The Kier molecular flexibility index (Phi) is 9.75. The molecule has 0 aromatic heterocycles. The minimum Gasteiger partial charge on any atom is -0.494 e. The van der Waals surface area contributed by atoms with Crippen molar-refractivity contribution in [1.29, 1.82) is 0 Å². The highest BCUT2D eigenvalue weighted by molar-refractivity contribution is 6.03. The van der Waals surface area contributed by atoms with Crippen LogP contribution >= 0.6 is 0 Å². The Balaban J connectivity index is 1.65. The minimum atomic E-state index is -1.24. The number of nitrogens with zero attached hydrogens (tertiary/aromatic N) is 3. The first kappa shape index (κ1) is 33.4. The first-order chi connectivity index (χ1) is 22.1. The van der Waals surface area contributed by atoms with Gasteiger partial charge in [0.25, 0.3) is 0 Å². The van der Waals surface area contributed by atoms with Crippen molar-refractivity contribution >= 4 is 23.4 Å². The van der Waals surface area contributed by atoms with Gasteiger partial charge in [0, 0.05) is 24.8 Å². The van der Waals surface area contributed by atoms with Crippen LogP contribution in [-0.4, -0.2) is 82.2 Å². The summed E-state index contributed by atoms with van der Waals surface area (Å²) in [6.45, 7) is 16.2. The summed E-state index contributed by atoms with van der Waals surface area (Å²) in [5.41, 5.74) is -0.798. The number of aliphatic hydroxyl groups is 1. The Hall–Kier alpha value is -3.95. The summed E-state index contributed by atoms with van der Waals surface area (Å²) < 4.78 is 12.6. The number of carbonyl (C=O) groups excluding carboxylic acids is 3. The first-order valence-corrected chi connectivity index (χ1v) is 16.4. The number of hydrogen-bond donors (Lipinski definition) is 1. The summed E-state index contributed by atoms with van der Waals surface area (Å²) in [5, 5.41) is 10.8. The lowest BCUT2D eigenvalue weighted by Crippen LogP contribution is -2.58. The lowest BCUT2D eigenvalue weighted by molar-refractivity contribution is -0.157. The smallest absolute Gasteiger partial charge is 0.248 e. The lowest BCUT2D eigenvalue weighted by atomic mass is 9.64. The lowest BCUT2D eigenvalue weighted by Gasteiger charge is -2.40. The van der Waals surface area contributed by atoms with Gasteiger partial charge in [0.15, 0.2) is 0 Å². The fraction of sp³-hybridized carbons (Fsp3) is 0.486. The standard InChI is InChI=1S/C37H47N3O6/c1-7-22-38(25(5)6)35(44)32-37-21-20-36(9-3,46-37)30(31(37)34(43)40(32)29(24-41)26-14-12-11-13-15-26)33(42)39(23-8-2)27-16-18-28(19-17-27)45-10-4/h7-8,11-19,25,29-32,41H,1-2,9-10,20-24H2,3-6H3/t29-,30-,31+,32?,36+,37?/m1/s1. The highest BCUT2D eigenvalue weighted by Crippen LogP contribution is 2.65. The molecule has 2 aromatic carbocycles. The number of rotatable bonds is 14. The van der Waals surface area contributed by atoms with Gasteiger partial charge in [-0.15, -0.1) is 13.2 Å². The van der Waals surface area contributed by atoms with E-state index in [9.17, 15) is 19.5 Å². The molecule has 0 saturated carbocycles. The summed E-state index contributed by atoms with van der Waals surface area (Å²) in [4.78, 5) is 49.4. The normalized spacial score (nSPS) is 27.0. The molecule has 46 heavy (non-hydrogen) atoms. The molecule has 9 nitrogen and oxygen atoms in total. The summed E-state index contributed by atoms with van der Waals surface area (Å²) in [5.74, 6) is -1.92. The van der Waals surface area contributed by atoms with Gasteiger partial charge in [0.1, 0.15) is 17.4 Å². The number of benzene rings is 2. The van der Waals surface area contributed by atoms with Crippen molar-refractivity contribution in [3.8, 4) is 5.75 Å². The van der Waals surface area contributed by atoms with Crippen LogP contribution in [0.4, 0.5) is 5.69 Å². The number of amides is 3. The van der Waals surface area contributed by atoms with Gasteiger partial charge >= 0.3 is 0 Å². The van der Waals surface area contributed by atoms with Gasteiger partial charge in [-0.3, -0.25) is 14.4 Å². The Morgan fingerprint density at radius 1 is 1.04 bits per heavy atom. The van der Waals surface area contributed by atoms with Gasteiger partial charge in [0.05, 0.1) is 36.7 Å². The monoisotopic (exact) mass is 629 g/mol. The number of fused-ring (bicyclic) bond motifs is 1. The fourth-order valence-electron chi connectivity index (χ4n) is 8.04. The van der Waals surface area contributed by atoms with Crippen molar-refractivity contribution < 1.29 is 29.0 Å². The SMILES string of the molecule is C=CCN(C(=O)[C@H]1[C@H]2C(=O)N([C@H](CO)c3ccccc3)C(C(=O)N(CC=C)C(C)C)C23CC[C@]1(CC)O3)c1ccc(OCC)cc1. The number of carbonyl (C=O) groups is 3. The second-order valence-corrected chi connectivity index (χ2v) is 12.7. The second kappa shape index (κ2) is 13.4. The zero-order valence-electron chi connectivity index (χ0n) is 27.4. The third kappa shape index (κ3) is 5.33. The van der Waals surface area contributed by atoms with E-state index in [-0.39, 0.29) is 36.9 Å². The second-order valence-electron chi connectivity index (χ2n) is 12.7. The molecule has 3 fully saturated rings. The molecule has 3 saturated heterocycles. The summed E-state index contributed by atoms with van der Waals surface area (Å²) in [6, 6.07) is 14.5. The maximum atomic E-state index is 15.0. The third-order valence-corrected chi connectivity index (χ3v) is 10.1. The minimum absolute atomic E-state index is 0.180. The van der Waals surface area contributed by atoms with Crippen molar-refractivity contribution in [2.75, 3.05) is 31.2 Å². The predicted molar refractivity (Wildman–Crippen MR) is 177 cm³/mol. The molecule has 0 radical (unpaired) electrons. The molecule has 3 heterocycles. The van der Waals surface area contributed by atoms with Crippen molar-refractivity contribution in [3.05, 3.63) is 85.5 Å². The van der Waals surface area contributed by atoms with Gasteiger partial charge in [-0.05, 0) is 69.9 Å². The van der Waals surface area contributed by atoms with Crippen LogP contribution in [0.3, 0.4) is 0 Å². The predicted octanol–water partition coefficient (Wildman–Crippen LogP) is 4.92. The Morgan fingerprint density at radius 2 is 1.72 bits per heavy atom. The van der Waals surface area contributed by atoms with E-state index in [1.54, 1.807) is 22.0 Å². The molecule has 2 unspecified atom stereocenters. The largest absolute Gasteiger partial charge is 0.494 e. The maximum Gasteiger partial charge on any atom is 0.248 e. The molecule has 3 aliphatic heterocycles. The van der Waals surface area contributed by atoms with E-state index in [2.05, 4.69) is 13.2 Å². The molecule has 3 aliphatic rings. The van der Waals surface area contributed by atoms with Gasteiger partial charge in [0.2, 0.25) is 17.7 Å².